The van der Waals surface area contributed by atoms with E-state index in [0.717, 1.165) is 25.7 Å². The average Bonchev–Trinajstić information content (AvgIpc) is 2.65. The van der Waals surface area contributed by atoms with Crippen molar-refractivity contribution in [2.45, 2.75) is 44.1 Å². The number of aliphatic hydroxyl groups is 1. The van der Waals surface area contributed by atoms with Crippen molar-refractivity contribution < 1.29 is 19.8 Å². The summed E-state index contributed by atoms with van der Waals surface area (Å²) in [7, 11) is 0. The third-order valence-electron chi connectivity index (χ3n) is 3.72. The lowest BCUT2D eigenvalue weighted by Crippen LogP contribution is -2.58. The van der Waals surface area contributed by atoms with E-state index < -0.39 is 17.5 Å². The minimum atomic E-state index is -1.18. The molecule has 0 heterocycles. The molecule has 0 spiro atoms. The lowest BCUT2D eigenvalue weighted by molar-refractivity contribution is -0.145. The van der Waals surface area contributed by atoms with Gasteiger partial charge in [0.1, 0.15) is 5.54 Å². The zero-order chi connectivity index (χ0) is 15.0. The number of carboxylic acids is 1. The monoisotopic (exact) mass is 284 g/mol. The Morgan fingerprint density at radius 3 is 2.30 bits per heavy atom. The Labute approximate surface area is 119 Å². The highest BCUT2D eigenvalue weighted by Crippen LogP contribution is 2.27. The molecule has 1 aliphatic carbocycles. The number of carboxylic acid groups (broad SMARTS) is 1. The second-order valence-electron chi connectivity index (χ2n) is 5.19. The molecule has 0 radical (unpaired) electrons. The predicted octanol–water partition coefficient (Wildman–Crippen LogP) is 1.35. The van der Waals surface area contributed by atoms with Crippen LogP contribution in [0.5, 0.6) is 0 Å². The quantitative estimate of drug-likeness (QED) is 0.507. The summed E-state index contributed by atoms with van der Waals surface area (Å²) in [5.41, 5.74) is -1.18. The van der Waals surface area contributed by atoms with E-state index in [1.807, 2.05) is 0 Å². The number of nitrogens with zero attached hydrogens (tertiary/aromatic N) is 1. The van der Waals surface area contributed by atoms with Crippen LogP contribution in [0.3, 0.4) is 0 Å². The molecule has 6 nitrogen and oxygen atoms in total. The Balaban J connectivity index is 2.79. The molecule has 0 atom stereocenters. The Kier molecular flexibility index (Phi) is 6.51. The summed E-state index contributed by atoms with van der Waals surface area (Å²) in [6, 6.07) is -0.455. The summed E-state index contributed by atoms with van der Waals surface area (Å²) in [6.45, 7) is 3.83. The molecule has 6 heteroatoms. The molecule has 3 N–H and O–H groups in total. The molecule has 0 aromatic carbocycles. The van der Waals surface area contributed by atoms with E-state index in [-0.39, 0.29) is 19.7 Å². The number of hydrogen-bond donors (Lipinski definition) is 3. The van der Waals surface area contributed by atoms with Crippen molar-refractivity contribution in [2.24, 2.45) is 0 Å². The van der Waals surface area contributed by atoms with Crippen molar-refractivity contribution in [1.29, 1.82) is 0 Å². The Morgan fingerprint density at radius 1 is 1.25 bits per heavy atom. The summed E-state index contributed by atoms with van der Waals surface area (Å²) in [4.78, 5) is 25.2. The van der Waals surface area contributed by atoms with Crippen LogP contribution in [0.4, 0.5) is 4.79 Å². The maximum absolute atomic E-state index is 12.2. The standard InChI is InChI=1S/C14H24N2O4/c1-2-9-16(10-11-17)13(20)15-14(12(18)19)7-5-3-4-6-8-14/h2,17H,1,3-11H2,(H,15,20)(H,18,19). The minimum Gasteiger partial charge on any atom is -0.480 e. The van der Waals surface area contributed by atoms with Gasteiger partial charge in [0.25, 0.3) is 0 Å². The molecule has 0 bridgehead atoms. The number of aliphatic hydroxyl groups excluding tert-OH is 1. The van der Waals surface area contributed by atoms with E-state index in [9.17, 15) is 14.7 Å². The third-order valence-corrected chi connectivity index (χ3v) is 3.72. The number of urea groups is 1. The molecule has 0 aromatic rings. The maximum Gasteiger partial charge on any atom is 0.329 e. The van der Waals surface area contributed by atoms with Gasteiger partial charge in [0.15, 0.2) is 0 Å². The number of carbonyl (C=O) groups is 2. The van der Waals surface area contributed by atoms with Crippen LogP contribution >= 0.6 is 0 Å². The molecule has 1 rings (SSSR count). The second-order valence-corrected chi connectivity index (χ2v) is 5.19. The van der Waals surface area contributed by atoms with E-state index >= 15 is 0 Å². The molecule has 0 aliphatic heterocycles. The Morgan fingerprint density at radius 2 is 1.85 bits per heavy atom. The highest BCUT2D eigenvalue weighted by atomic mass is 16.4. The molecule has 1 aliphatic rings. The van der Waals surface area contributed by atoms with E-state index in [0.29, 0.717) is 12.8 Å². The van der Waals surface area contributed by atoms with E-state index in [4.69, 9.17) is 5.11 Å². The van der Waals surface area contributed by atoms with Crippen molar-refractivity contribution >= 4 is 12.0 Å². The molecule has 2 amide bonds. The highest BCUT2D eigenvalue weighted by molar-refractivity contribution is 5.86. The van der Waals surface area contributed by atoms with Gasteiger partial charge in [0.2, 0.25) is 0 Å². The SMILES string of the molecule is C=CCN(CCO)C(=O)NC1(C(=O)O)CCCCCC1. The fraction of sp³-hybridized carbons (Fsp3) is 0.714. The molecular weight excluding hydrogens is 260 g/mol. The van der Waals surface area contributed by atoms with Crippen molar-refractivity contribution in [3.8, 4) is 0 Å². The van der Waals surface area contributed by atoms with Gasteiger partial charge in [-0.1, -0.05) is 31.8 Å². The lowest BCUT2D eigenvalue weighted by Gasteiger charge is -2.32. The molecule has 1 saturated carbocycles. The number of carbonyl (C=O) groups excluding carboxylic acids is 1. The maximum atomic E-state index is 12.2. The van der Waals surface area contributed by atoms with Gasteiger partial charge in [-0.25, -0.2) is 9.59 Å². The first-order valence-corrected chi connectivity index (χ1v) is 7.08. The largest absolute Gasteiger partial charge is 0.480 e. The summed E-state index contributed by atoms with van der Waals surface area (Å²) < 4.78 is 0. The topological polar surface area (TPSA) is 89.9 Å². The van der Waals surface area contributed by atoms with E-state index in [1.54, 1.807) is 6.08 Å². The van der Waals surface area contributed by atoms with Crippen LogP contribution in [-0.4, -0.2) is 52.3 Å². The Hall–Kier alpha value is -1.56. The van der Waals surface area contributed by atoms with Crippen molar-refractivity contribution in [3.05, 3.63) is 12.7 Å². The molecule has 20 heavy (non-hydrogen) atoms. The first kappa shape index (κ1) is 16.5. The molecule has 0 aromatic heterocycles. The first-order chi connectivity index (χ1) is 9.55. The summed E-state index contributed by atoms with van der Waals surface area (Å²) in [5, 5.41) is 21.1. The number of nitrogens with one attached hydrogen (secondary N) is 1. The van der Waals surface area contributed by atoms with Crippen molar-refractivity contribution in [3.63, 3.8) is 0 Å². The number of rotatable bonds is 6. The molecule has 0 unspecified atom stereocenters. The molecular formula is C14H24N2O4. The normalized spacial score (nSPS) is 17.9. The zero-order valence-electron chi connectivity index (χ0n) is 11.8. The van der Waals surface area contributed by atoms with Gasteiger partial charge >= 0.3 is 12.0 Å². The van der Waals surface area contributed by atoms with Gasteiger partial charge in [-0.05, 0) is 12.8 Å². The zero-order valence-corrected chi connectivity index (χ0v) is 11.8. The van der Waals surface area contributed by atoms with Crippen molar-refractivity contribution in [2.75, 3.05) is 19.7 Å². The van der Waals surface area contributed by atoms with Gasteiger partial charge in [0, 0.05) is 13.1 Å². The van der Waals surface area contributed by atoms with Crippen LogP contribution < -0.4 is 5.32 Å². The van der Waals surface area contributed by atoms with Gasteiger partial charge in [-0.3, -0.25) is 0 Å². The van der Waals surface area contributed by atoms with Gasteiger partial charge in [0.05, 0.1) is 6.61 Å². The van der Waals surface area contributed by atoms with Crippen LogP contribution in [0, 0.1) is 0 Å². The predicted molar refractivity (Wildman–Crippen MR) is 75.5 cm³/mol. The second kappa shape index (κ2) is 7.89. The smallest absolute Gasteiger partial charge is 0.329 e. The lowest BCUT2D eigenvalue weighted by atomic mass is 9.90. The van der Waals surface area contributed by atoms with Crippen LogP contribution in [0.1, 0.15) is 38.5 Å². The fourth-order valence-electron chi connectivity index (χ4n) is 2.56. The van der Waals surface area contributed by atoms with Crippen LogP contribution in [0.25, 0.3) is 0 Å². The number of hydrogen-bond acceptors (Lipinski definition) is 3. The molecule has 1 fully saturated rings. The minimum absolute atomic E-state index is 0.160. The number of amides is 2. The fourth-order valence-corrected chi connectivity index (χ4v) is 2.56. The summed E-state index contributed by atoms with van der Waals surface area (Å²) >= 11 is 0. The van der Waals surface area contributed by atoms with Crippen LogP contribution in [0.15, 0.2) is 12.7 Å². The highest BCUT2D eigenvalue weighted by Gasteiger charge is 2.40. The van der Waals surface area contributed by atoms with Gasteiger partial charge < -0.3 is 20.4 Å². The van der Waals surface area contributed by atoms with E-state index in [1.165, 1.54) is 4.90 Å². The number of aliphatic carboxylic acids is 1. The molecule has 0 saturated heterocycles. The average molecular weight is 284 g/mol. The summed E-state index contributed by atoms with van der Waals surface area (Å²) in [6.07, 6.45) is 6.05. The van der Waals surface area contributed by atoms with Gasteiger partial charge in [-0.15, -0.1) is 6.58 Å². The third kappa shape index (κ3) is 4.23. The van der Waals surface area contributed by atoms with Crippen LogP contribution in [-0.2, 0) is 4.79 Å². The van der Waals surface area contributed by atoms with Gasteiger partial charge in [-0.2, -0.15) is 0 Å². The molecule has 114 valence electrons. The summed E-state index contributed by atoms with van der Waals surface area (Å²) in [5.74, 6) is -0.977. The first-order valence-electron chi connectivity index (χ1n) is 7.08. The van der Waals surface area contributed by atoms with Crippen molar-refractivity contribution in [1.82, 2.24) is 10.2 Å². The Bertz CT molecular complexity index is 349. The van der Waals surface area contributed by atoms with E-state index in [2.05, 4.69) is 11.9 Å². The van der Waals surface area contributed by atoms with Crippen LogP contribution in [0.2, 0.25) is 0 Å².